The number of carbonyl (C=O) groups excluding carboxylic acids is 1. The average Bonchev–Trinajstić information content (AvgIpc) is 2.59. The van der Waals surface area contributed by atoms with Gasteiger partial charge in [0.05, 0.1) is 11.9 Å². The molecule has 0 atom stereocenters. The van der Waals surface area contributed by atoms with Crippen molar-refractivity contribution in [3.63, 3.8) is 0 Å². The van der Waals surface area contributed by atoms with Crippen LogP contribution in [-0.2, 0) is 20.6 Å². The topological polar surface area (TPSA) is 66.5 Å². The first-order valence-corrected chi connectivity index (χ1v) is 12.2. The van der Waals surface area contributed by atoms with E-state index in [1.165, 1.54) is 29.3 Å². The van der Waals surface area contributed by atoms with Crippen LogP contribution in [0.2, 0.25) is 10.0 Å². The molecule has 0 radical (unpaired) electrons. The van der Waals surface area contributed by atoms with E-state index in [4.69, 9.17) is 23.2 Å². The van der Waals surface area contributed by atoms with Gasteiger partial charge in [0, 0.05) is 28.1 Å². The predicted octanol–water partition coefficient (Wildman–Crippen LogP) is 4.12. The summed E-state index contributed by atoms with van der Waals surface area (Å²) in [6, 6.07) is 12.7. The summed E-state index contributed by atoms with van der Waals surface area (Å²) >= 11 is 13.6. The van der Waals surface area contributed by atoms with E-state index < -0.39 is 15.9 Å². The fraction of sp³-hybridized carbons (Fsp3) is 0.316. The van der Waals surface area contributed by atoms with Crippen molar-refractivity contribution in [2.75, 3.05) is 29.4 Å². The van der Waals surface area contributed by atoms with Gasteiger partial charge in [-0.2, -0.15) is 11.8 Å². The lowest BCUT2D eigenvalue weighted by Crippen LogP contribution is -2.41. The summed E-state index contributed by atoms with van der Waals surface area (Å²) in [6.45, 7) is 2.16. The number of nitrogens with zero attached hydrogens (tertiary/aromatic N) is 1. The Morgan fingerprint density at radius 1 is 1.11 bits per heavy atom. The Morgan fingerprint density at radius 2 is 1.71 bits per heavy atom. The van der Waals surface area contributed by atoms with Crippen molar-refractivity contribution in [2.24, 2.45) is 0 Å². The number of halogens is 2. The normalized spacial score (nSPS) is 11.3. The molecule has 5 nitrogen and oxygen atoms in total. The quantitative estimate of drug-likeness (QED) is 0.571. The Balaban J connectivity index is 1.85. The van der Waals surface area contributed by atoms with E-state index in [2.05, 4.69) is 29.6 Å². The summed E-state index contributed by atoms with van der Waals surface area (Å²) in [5.74, 6) is 1.19. The molecule has 0 saturated heterocycles. The molecule has 1 N–H and O–H groups in total. The highest BCUT2D eigenvalue weighted by molar-refractivity contribution is 7.98. The maximum absolute atomic E-state index is 12.2. The van der Waals surface area contributed by atoms with Crippen molar-refractivity contribution in [1.82, 2.24) is 5.32 Å². The van der Waals surface area contributed by atoms with Crippen LogP contribution in [0.1, 0.15) is 11.1 Å². The smallest absolute Gasteiger partial charge is 0.240 e. The monoisotopic (exact) mass is 460 g/mol. The first-order valence-electron chi connectivity index (χ1n) is 8.49. The third kappa shape index (κ3) is 7.54. The van der Waals surface area contributed by atoms with Gasteiger partial charge in [-0.05, 0) is 30.7 Å². The van der Waals surface area contributed by atoms with Crippen molar-refractivity contribution < 1.29 is 13.2 Å². The second-order valence-corrected chi connectivity index (χ2v) is 10.2. The third-order valence-electron chi connectivity index (χ3n) is 3.78. The summed E-state index contributed by atoms with van der Waals surface area (Å²) in [6.07, 6.45) is 1.03. The van der Waals surface area contributed by atoms with E-state index in [1.807, 2.05) is 6.92 Å². The summed E-state index contributed by atoms with van der Waals surface area (Å²) < 4.78 is 25.2. The molecule has 0 spiro atoms. The largest absolute Gasteiger partial charge is 0.354 e. The number of sulfonamides is 1. The van der Waals surface area contributed by atoms with Crippen molar-refractivity contribution >= 4 is 56.6 Å². The molecular weight excluding hydrogens is 439 g/mol. The first-order chi connectivity index (χ1) is 13.1. The highest BCUT2D eigenvalue weighted by Crippen LogP contribution is 2.26. The van der Waals surface area contributed by atoms with Gasteiger partial charge >= 0.3 is 0 Å². The number of hydrogen-bond donors (Lipinski definition) is 1. The number of hydrogen-bond acceptors (Lipinski definition) is 4. The molecule has 1 amide bonds. The van der Waals surface area contributed by atoms with Crippen LogP contribution >= 0.6 is 35.0 Å². The van der Waals surface area contributed by atoms with Crippen LogP contribution < -0.4 is 9.62 Å². The lowest BCUT2D eigenvalue weighted by atomic mass is 10.2. The van der Waals surface area contributed by atoms with Crippen LogP contribution in [-0.4, -0.2) is 39.4 Å². The third-order valence-corrected chi connectivity index (χ3v) is 6.39. The van der Waals surface area contributed by atoms with E-state index in [-0.39, 0.29) is 12.2 Å². The van der Waals surface area contributed by atoms with Gasteiger partial charge in [-0.25, -0.2) is 8.42 Å². The number of aryl methyl sites for hydroxylation is 1. The Kier molecular flexibility index (Phi) is 8.49. The molecule has 0 aromatic heterocycles. The molecule has 0 bridgehead atoms. The molecule has 0 aliphatic heterocycles. The minimum atomic E-state index is -3.67. The van der Waals surface area contributed by atoms with Gasteiger partial charge in [-0.15, -0.1) is 0 Å². The lowest BCUT2D eigenvalue weighted by Gasteiger charge is -2.22. The van der Waals surface area contributed by atoms with Crippen LogP contribution in [0, 0.1) is 6.92 Å². The van der Waals surface area contributed by atoms with Gasteiger partial charge in [-0.3, -0.25) is 9.10 Å². The maximum atomic E-state index is 12.2. The fourth-order valence-corrected chi connectivity index (χ4v) is 4.58. The molecule has 2 aromatic carbocycles. The number of rotatable bonds is 9. The first kappa shape index (κ1) is 22.9. The number of anilines is 1. The average molecular weight is 461 g/mol. The van der Waals surface area contributed by atoms with Gasteiger partial charge in [0.2, 0.25) is 15.9 Å². The molecule has 2 rings (SSSR count). The van der Waals surface area contributed by atoms with Crippen LogP contribution in [0.25, 0.3) is 0 Å². The van der Waals surface area contributed by atoms with E-state index in [9.17, 15) is 13.2 Å². The maximum Gasteiger partial charge on any atom is 0.240 e. The predicted molar refractivity (Wildman–Crippen MR) is 119 cm³/mol. The van der Waals surface area contributed by atoms with Crippen molar-refractivity contribution in [3.05, 3.63) is 63.6 Å². The van der Waals surface area contributed by atoms with Gasteiger partial charge in [-0.1, -0.05) is 53.0 Å². The van der Waals surface area contributed by atoms with E-state index >= 15 is 0 Å². The summed E-state index contributed by atoms with van der Waals surface area (Å²) in [5, 5.41) is 3.34. The van der Waals surface area contributed by atoms with Crippen molar-refractivity contribution in [2.45, 2.75) is 12.7 Å². The zero-order valence-electron chi connectivity index (χ0n) is 15.6. The van der Waals surface area contributed by atoms with Crippen molar-refractivity contribution in [1.29, 1.82) is 0 Å². The minimum Gasteiger partial charge on any atom is -0.354 e. The van der Waals surface area contributed by atoms with Gasteiger partial charge < -0.3 is 5.32 Å². The van der Waals surface area contributed by atoms with Crippen LogP contribution in [0.15, 0.2) is 42.5 Å². The van der Waals surface area contributed by atoms with E-state index in [1.54, 1.807) is 11.8 Å². The SMILES string of the molecule is Cc1ccc(CSCCNC(=O)CN(c2cc(Cl)cc(Cl)c2)S(C)(=O)=O)cc1. The number of thioether (sulfide) groups is 1. The molecule has 0 saturated carbocycles. The Bertz CT molecular complexity index is 899. The second-order valence-electron chi connectivity index (χ2n) is 6.29. The lowest BCUT2D eigenvalue weighted by molar-refractivity contribution is -0.119. The molecule has 2 aromatic rings. The summed E-state index contributed by atoms with van der Waals surface area (Å²) in [4.78, 5) is 12.2. The van der Waals surface area contributed by atoms with Gasteiger partial charge in [0.15, 0.2) is 0 Å². The van der Waals surface area contributed by atoms with Crippen molar-refractivity contribution in [3.8, 4) is 0 Å². The molecule has 152 valence electrons. The van der Waals surface area contributed by atoms with E-state index in [0.717, 1.165) is 22.1 Å². The molecule has 0 heterocycles. The van der Waals surface area contributed by atoms with Gasteiger partial charge in [0.25, 0.3) is 0 Å². The highest BCUT2D eigenvalue weighted by atomic mass is 35.5. The van der Waals surface area contributed by atoms with Crippen LogP contribution in [0.3, 0.4) is 0 Å². The van der Waals surface area contributed by atoms with Crippen LogP contribution in [0.5, 0.6) is 0 Å². The van der Waals surface area contributed by atoms with Crippen LogP contribution in [0.4, 0.5) is 5.69 Å². The zero-order valence-corrected chi connectivity index (χ0v) is 18.8. The minimum absolute atomic E-state index is 0.254. The number of carbonyl (C=O) groups is 1. The molecule has 0 aliphatic rings. The molecule has 9 heteroatoms. The Labute approximate surface area is 180 Å². The molecule has 28 heavy (non-hydrogen) atoms. The second kappa shape index (κ2) is 10.4. The Hall–Kier alpha value is -1.41. The number of benzene rings is 2. The standard InChI is InChI=1S/C19H22Cl2N2O3S2/c1-14-3-5-15(6-4-14)13-27-8-7-22-19(24)12-23(28(2,25)26)18-10-16(20)9-17(21)11-18/h3-6,9-11H,7-8,12-13H2,1-2H3,(H,22,24). The van der Waals surface area contributed by atoms with Gasteiger partial charge in [0.1, 0.15) is 6.54 Å². The highest BCUT2D eigenvalue weighted by Gasteiger charge is 2.21. The zero-order chi connectivity index (χ0) is 20.7. The molecule has 0 fully saturated rings. The summed E-state index contributed by atoms with van der Waals surface area (Å²) in [7, 11) is -3.67. The number of amides is 1. The fourth-order valence-electron chi connectivity index (χ4n) is 2.41. The Morgan fingerprint density at radius 3 is 2.29 bits per heavy atom. The molecule has 0 unspecified atom stereocenters. The van der Waals surface area contributed by atoms with E-state index in [0.29, 0.717) is 16.6 Å². The number of nitrogens with one attached hydrogen (secondary N) is 1. The molecular formula is C19H22Cl2N2O3S2. The summed E-state index contributed by atoms with van der Waals surface area (Å²) in [5.41, 5.74) is 2.70. The molecule has 0 aliphatic carbocycles.